The predicted molar refractivity (Wildman–Crippen MR) is 126 cm³/mol. The van der Waals surface area contributed by atoms with Crippen molar-refractivity contribution in [1.29, 1.82) is 0 Å². The fourth-order valence-corrected chi connectivity index (χ4v) is 4.53. The van der Waals surface area contributed by atoms with Crippen molar-refractivity contribution in [1.82, 2.24) is 9.88 Å². The third-order valence-corrected chi connectivity index (χ3v) is 6.61. The highest BCUT2D eigenvalue weighted by Crippen LogP contribution is 2.27. The van der Waals surface area contributed by atoms with Crippen molar-refractivity contribution in [2.75, 3.05) is 42.9 Å². The minimum Gasteiger partial charge on any atom is -0.369 e. The van der Waals surface area contributed by atoms with E-state index in [2.05, 4.69) is 39.2 Å². The SMILES string of the molecule is CCN1CCN(c2ccc(NC(=O)c3csc(-c4ccc(Cl)cc4)n3)c(C)c2)CC1. The van der Waals surface area contributed by atoms with Crippen molar-refractivity contribution in [2.24, 2.45) is 0 Å². The standard InChI is InChI=1S/C23H25ClN4OS/c1-3-27-10-12-28(13-11-27)19-8-9-20(16(2)14-19)25-22(29)21-15-30-23(26-21)17-4-6-18(24)7-5-17/h4-9,14-15H,3,10-13H2,1-2H3,(H,25,29). The van der Waals surface area contributed by atoms with E-state index < -0.39 is 0 Å². The first-order valence-electron chi connectivity index (χ1n) is 10.1. The Morgan fingerprint density at radius 3 is 2.53 bits per heavy atom. The zero-order chi connectivity index (χ0) is 21.1. The lowest BCUT2D eigenvalue weighted by atomic mass is 10.1. The average molecular weight is 441 g/mol. The Morgan fingerprint density at radius 1 is 1.13 bits per heavy atom. The van der Waals surface area contributed by atoms with Crippen molar-refractivity contribution in [3.05, 3.63) is 64.1 Å². The lowest BCUT2D eigenvalue weighted by Crippen LogP contribution is -2.46. The minimum atomic E-state index is -0.195. The van der Waals surface area contributed by atoms with E-state index >= 15 is 0 Å². The number of rotatable bonds is 5. The van der Waals surface area contributed by atoms with Crippen molar-refractivity contribution in [3.8, 4) is 10.6 Å². The summed E-state index contributed by atoms with van der Waals surface area (Å²) in [5.41, 5.74) is 4.44. The van der Waals surface area contributed by atoms with E-state index in [1.807, 2.05) is 37.3 Å². The van der Waals surface area contributed by atoms with Gasteiger partial charge >= 0.3 is 0 Å². The summed E-state index contributed by atoms with van der Waals surface area (Å²) in [5.74, 6) is -0.195. The van der Waals surface area contributed by atoms with E-state index in [1.165, 1.54) is 17.0 Å². The maximum Gasteiger partial charge on any atom is 0.275 e. The number of piperazine rings is 1. The first-order valence-corrected chi connectivity index (χ1v) is 11.4. The van der Waals surface area contributed by atoms with Gasteiger partial charge in [0, 0.05) is 53.5 Å². The molecule has 1 fully saturated rings. The Labute approximate surface area is 186 Å². The molecule has 0 atom stereocenters. The second-order valence-corrected chi connectivity index (χ2v) is 8.71. The molecule has 0 bridgehead atoms. The molecule has 30 heavy (non-hydrogen) atoms. The van der Waals surface area contributed by atoms with Crippen LogP contribution in [0, 0.1) is 6.92 Å². The summed E-state index contributed by atoms with van der Waals surface area (Å²) >= 11 is 7.40. The van der Waals surface area contributed by atoms with Gasteiger partial charge in [-0.25, -0.2) is 4.98 Å². The lowest BCUT2D eigenvalue weighted by molar-refractivity contribution is 0.102. The molecule has 0 unspecified atom stereocenters. The number of hydrogen-bond acceptors (Lipinski definition) is 5. The lowest BCUT2D eigenvalue weighted by Gasteiger charge is -2.35. The molecule has 0 aliphatic carbocycles. The smallest absolute Gasteiger partial charge is 0.275 e. The van der Waals surface area contributed by atoms with Crippen molar-refractivity contribution >= 4 is 40.2 Å². The molecule has 0 spiro atoms. The Balaban J connectivity index is 1.43. The van der Waals surface area contributed by atoms with Crippen LogP contribution in [0.1, 0.15) is 23.0 Å². The van der Waals surface area contributed by atoms with Crippen LogP contribution in [0.25, 0.3) is 10.6 Å². The number of likely N-dealkylation sites (N-methyl/N-ethyl adjacent to an activating group) is 1. The van der Waals surface area contributed by atoms with Gasteiger partial charge in [0.1, 0.15) is 10.7 Å². The summed E-state index contributed by atoms with van der Waals surface area (Å²) in [6.07, 6.45) is 0. The van der Waals surface area contributed by atoms with E-state index in [0.717, 1.165) is 54.5 Å². The van der Waals surface area contributed by atoms with Crippen molar-refractivity contribution in [2.45, 2.75) is 13.8 Å². The molecule has 7 heteroatoms. The van der Waals surface area contributed by atoms with Gasteiger partial charge in [0.15, 0.2) is 0 Å². The number of amides is 1. The first kappa shape index (κ1) is 20.8. The second-order valence-electron chi connectivity index (χ2n) is 7.42. The summed E-state index contributed by atoms with van der Waals surface area (Å²) in [7, 11) is 0. The van der Waals surface area contributed by atoms with Crippen LogP contribution in [0.2, 0.25) is 5.02 Å². The quantitative estimate of drug-likeness (QED) is 0.594. The average Bonchev–Trinajstić information content (AvgIpc) is 3.26. The molecule has 0 radical (unpaired) electrons. The molecule has 1 aliphatic rings. The second kappa shape index (κ2) is 9.16. The number of nitrogens with zero attached hydrogens (tertiary/aromatic N) is 3. The third kappa shape index (κ3) is 4.67. The molecular formula is C23H25ClN4OS. The molecule has 3 aromatic rings. The number of thiazole rings is 1. The number of hydrogen-bond donors (Lipinski definition) is 1. The number of aryl methyl sites for hydroxylation is 1. The number of benzene rings is 2. The summed E-state index contributed by atoms with van der Waals surface area (Å²) in [4.78, 5) is 22.1. The van der Waals surface area contributed by atoms with Crippen LogP contribution in [0.4, 0.5) is 11.4 Å². The number of aromatic nitrogens is 1. The molecule has 1 amide bonds. The van der Waals surface area contributed by atoms with E-state index in [4.69, 9.17) is 11.6 Å². The molecule has 156 valence electrons. The van der Waals surface area contributed by atoms with Crippen molar-refractivity contribution < 1.29 is 4.79 Å². The van der Waals surface area contributed by atoms with Crippen LogP contribution in [0.5, 0.6) is 0 Å². The Bertz CT molecular complexity index is 1030. The normalized spacial score (nSPS) is 14.7. The third-order valence-electron chi connectivity index (χ3n) is 5.47. The maximum absolute atomic E-state index is 12.7. The van der Waals surface area contributed by atoms with Crippen molar-refractivity contribution in [3.63, 3.8) is 0 Å². The Morgan fingerprint density at radius 2 is 1.87 bits per heavy atom. The number of anilines is 2. The molecule has 1 saturated heterocycles. The number of nitrogens with one attached hydrogen (secondary N) is 1. The number of halogens is 1. The molecule has 5 nitrogen and oxygen atoms in total. The molecule has 1 aromatic heterocycles. The molecule has 0 saturated carbocycles. The highest BCUT2D eigenvalue weighted by atomic mass is 35.5. The van der Waals surface area contributed by atoms with E-state index in [1.54, 1.807) is 5.38 Å². The van der Waals surface area contributed by atoms with Gasteiger partial charge in [-0.1, -0.05) is 30.7 Å². The van der Waals surface area contributed by atoms with Crippen LogP contribution >= 0.6 is 22.9 Å². The zero-order valence-electron chi connectivity index (χ0n) is 17.2. The zero-order valence-corrected chi connectivity index (χ0v) is 18.8. The molecule has 1 aliphatic heterocycles. The minimum absolute atomic E-state index is 0.195. The van der Waals surface area contributed by atoms with Gasteiger partial charge in [0.25, 0.3) is 5.91 Å². The van der Waals surface area contributed by atoms with Gasteiger partial charge in [-0.2, -0.15) is 0 Å². The van der Waals surface area contributed by atoms with E-state index in [-0.39, 0.29) is 5.91 Å². The number of carbonyl (C=O) groups is 1. The van der Waals surface area contributed by atoms with Gasteiger partial charge in [-0.3, -0.25) is 4.79 Å². The highest BCUT2D eigenvalue weighted by molar-refractivity contribution is 7.13. The number of carbonyl (C=O) groups excluding carboxylic acids is 1. The molecule has 4 rings (SSSR count). The summed E-state index contributed by atoms with van der Waals surface area (Å²) in [5, 5.41) is 6.27. The monoisotopic (exact) mass is 440 g/mol. The van der Waals surface area contributed by atoms with Crippen LogP contribution in [-0.2, 0) is 0 Å². The summed E-state index contributed by atoms with van der Waals surface area (Å²) < 4.78 is 0. The summed E-state index contributed by atoms with van der Waals surface area (Å²) in [6, 6.07) is 13.7. The van der Waals surface area contributed by atoms with Gasteiger partial charge in [-0.15, -0.1) is 11.3 Å². The highest BCUT2D eigenvalue weighted by Gasteiger charge is 2.17. The summed E-state index contributed by atoms with van der Waals surface area (Å²) in [6.45, 7) is 9.59. The first-order chi connectivity index (χ1) is 14.5. The van der Waals surface area contributed by atoms with Crippen LogP contribution in [0.3, 0.4) is 0 Å². The predicted octanol–water partition coefficient (Wildman–Crippen LogP) is 5.17. The molecule has 2 heterocycles. The van der Waals surface area contributed by atoms with Gasteiger partial charge in [0.05, 0.1) is 0 Å². The molecule has 2 aromatic carbocycles. The largest absolute Gasteiger partial charge is 0.369 e. The van der Waals surface area contributed by atoms with Gasteiger partial charge in [-0.05, 0) is 49.4 Å². The van der Waals surface area contributed by atoms with E-state index in [9.17, 15) is 4.79 Å². The molecule has 1 N–H and O–H groups in total. The molecular weight excluding hydrogens is 416 g/mol. The fraction of sp³-hybridized carbons (Fsp3) is 0.304. The fourth-order valence-electron chi connectivity index (χ4n) is 3.60. The van der Waals surface area contributed by atoms with Crippen LogP contribution in [0.15, 0.2) is 47.8 Å². The van der Waals surface area contributed by atoms with Gasteiger partial charge in [0.2, 0.25) is 0 Å². The maximum atomic E-state index is 12.7. The van der Waals surface area contributed by atoms with Crippen LogP contribution in [-0.4, -0.2) is 48.5 Å². The topological polar surface area (TPSA) is 48.5 Å². The van der Waals surface area contributed by atoms with Crippen LogP contribution < -0.4 is 10.2 Å². The van der Waals surface area contributed by atoms with Gasteiger partial charge < -0.3 is 15.1 Å². The Hall–Kier alpha value is -2.41. The Kier molecular flexibility index (Phi) is 6.37. The van der Waals surface area contributed by atoms with E-state index in [0.29, 0.717) is 10.7 Å².